The zero-order valence-corrected chi connectivity index (χ0v) is 11.1. The van der Waals surface area contributed by atoms with Gasteiger partial charge >= 0.3 is 5.97 Å². The molecular formula is C13H19N3O2. The molecule has 1 aliphatic rings. The van der Waals surface area contributed by atoms with Gasteiger partial charge in [0, 0.05) is 19.3 Å². The number of nitrogens with zero attached hydrogens (tertiary/aromatic N) is 3. The van der Waals surface area contributed by atoms with Gasteiger partial charge in [-0.15, -0.1) is 0 Å². The maximum atomic E-state index is 11.7. The van der Waals surface area contributed by atoms with Crippen molar-refractivity contribution in [2.45, 2.75) is 38.6 Å². The van der Waals surface area contributed by atoms with Gasteiger partial charge in [0.2, 0.25) is 0 Å². The molecule has 0 saturated heterocycles. The zero-order chi connectivity index (χ0) is 13.1. The Hall–Kier alpha value is -1.65. The van der Waals surface area contributed by atoms with Crippen LogP contribution >= 0.6 is 0 Å². The van der Waals surface area contributed by atoms with E-state index in [9.17, 15) is 4.79 Å². The number of hydrogen-bond acceptors (Lipinski definition) is 5. The lowest BCUT2D eigenvalue weighted by atomic mass is 10.2. The molecule has 1 heterocycles. The lowest BCUT2D eigenvalue weighted by Gasteiger charge is -2.26. The fourth-order valence-corrected chi connectivity index (χ4v) is 2.45. The highest BCUT2D eigenvalue weighted by molar-refractivity contribution is 5.94. The normalized spacial score (nSPS) is 15.7. The minimum atomic E-state index is -0.380. The van der Waals surface area contributed by atoms with E-state index < -0.39 is 0 Å². The van der Waals surface area contributed by atoms with Gasteiger partial charge < -0.3 is 9.64 Å². The van der Waals surface area contributed by atoms with Gasteiger partial charge in [0.1, 0.15) is 17.2 Å². The van der Waals surface area contributed by atoms with Crippen molar-refractivity contribution >= 4 is 11.8 Å². The second-order valence-electron chi connectivity index (χ2n) is 4.70. The Labute approximate surface area is 107 Å². The molecule has 1 aliphatic carbocycles. The number of hydrogen-bond donors (Lipinski definition) is 0. The van der Waals surface area contributed by atoms with Gasteiger partial charge in [0.25, 0.3) is 0 Å². The molecule has 0 N–H and O–H groups in total. The minimum Gasteiger partial charge on any atom is -0.465 e. The van der Waals surface area contributed by atoms with Gasteiger partial charge in [-0.2, -0.15) is 0 Å². The Bertz CT molecular complexity index is 442. The Morgan fingerprint density at radius 2 is 2.11 bits per heavy atom. The number of esters is 1. The minimum absolute atomic E-state index is 0.380. The molecule has 1 aromatic rings. The smallest absolute Gasteiger partial charge is 0.343 e. The second-order valence-corrected chi connectivity index (χ2v) is 4.70. The summed E-state index contributed by atoms with van der Waals surface area (Å²) in [6.45, 7) is 1.83. The van der Waals surface area contributed by atoms with E-state index >= 15 is 0 Å². The molecule has 1 saturated carbocycles. The van der Waals surface area contributed by atoms with Gasteiger partial charge in [-0.3, -0.25) is 0 Å². The molecule has 0 amide bonds. The van der Waals surface area contributed by atoms with Crippen LogP contribution in [0.1, 0.15) is 41.9 Å². The molecule has 5 heteroatoms. The number of rotatable bonds is 3. The number of aryl methyl sites for hydroxylation is 1. The number of carbonyl (C=O) groups excluding carboxylic acids is 1. The highest BCUT2D eigenvalue weighted by atomic mass is 16.5. The molecule has 18 heavy (non-hydrogen) atoms. The highest BCUT2D eigenvalue weighted by Gasteiger charge is 2.25. The van der Waals surface area contributed by atoms with Crippen LogP contribution < -0.4 is 4.90 Å². The van der Waals surface area contributed by atoms with Gasteiger partial charge in [0.05, 0.1) is 7.11 Å². The van der Waals surface area contributed by atoms with Crippen molar-refractivity contribution < 1.29 is 9.53 Å². The molecule has 0 aromatic carbocycles. The van der Waals surface area contributed by atoms with Crippen LogP contribution in [0.3, 0.4) is 0 Å². The van der Waals surface area contributed by atoms with E-state index in [1.807, 2.05) is 14.0 Å². The monoisotopic (exact) mass is 249 g/mol. The van der Waals surface area contributed by atoms with Crippen LogP contribution in [0, 0.1) is 6.92 Å². The Balaban J connectivity index is 2.34. The van der Waals surface area contributed by atoms with Crippen molar-refractivity contribution in [1.82, 2.24) is 9.97 Å². The summed E-state index contributed by atoms with van der Waals surface area (Å²) in [7, 11) is 3.37. The highest BCUT2D eigenvalue weighted by Crippen LogP contribution is 2.27. The van der Waals surface area contributed by atoms with Crippen molar-refractivity contribution in [2.75, 3.05) is 19.1 Å². The summed E-state index contributed by atoms with van der Waals surface area (Å²) in [4.78, 5) is 22.3. The van der Waals surface area contributed by atoms with E-state index in [4.69, 9.17) is 4.74 Å². The number of carbonyl (C=O) groups is 1. The molecule has 2 rings (SSSR count). The van der Waals surface area contributed by atoms with Crippen molar-refractivity contribution in [3.8, 4) is 0 Å². The van der Waals surface area contributed by atoms with Crippen molar-refractivity contribution in [1.29, 1.82) is 0 Å². The summed E-state index contributed by atoms with van der Waals surface area (Å²) >= 11 is 0. The molecule has 0 aliphatic heterocycles. The molecule has 5 nitrogen and oxygen atoms in total. The molecule has 0 unspecified atom stereocenters. The van der Waals surface area contributed by atoms with E-state index in [2.05, 4.69) is 14.9 Å². The van der Waals surface area contributed by atoms with Crippen LogP contribution in [0.15, 0.2) is 6.20 Å². The molecule has 0 radical (unpaired) electrons. The summed E-state index contributed by atoms with van der Waals surface area (Å²) in [6, 6.07) is 0.461. The summed E-state index contributed by atoms with van der Waals surface area (Å²) < 4.78 is 4.78. The molecule has 0 spiro atoms. The predicted molar refractivity (Wildman–Crippen MR) is 68.8 cm³/mol. The quantitative estimate of drug-likeness (QED) is 0.766. The van der Waals surface area contributed by atoms with Gasteiger partial charge in [-0.25, -0.2) is 14.8 Å². The molecule has 98 valence electrons. The number of anilines is 1. The van der Waals surface area contributed by atoms with E-state index in [0.717, 1.165) is 12.8 Å². The summed E-state index contributed by atoms with van der Waals surface area (Å²) in [5.74, 6) is 0.971. The first-order valence-corrected chi connectivity index (χ1v) is 6.28. The Morgan fingerprint density at radius 1 is 1.44 bits per heavy atom. The van der Waals surface area contributed by atoms with E-state index in [-0.39, 0.29) is 5.97 Å². The lowest BCUT2D eigenvalue weighted by molar-refractivity contribution is 0.0600. The maximum absolute atomic E-state index is 11.7. The van der Waals surface area contributed by atoms with Gasteiger partial charge in [-0.05, 0) is 19.8 Å². The first kappa shape index (κ1) is 12.8. The van der Waals surface area contributed by atoms with Crippen molar-refractivity contribution in [3.63, 3.8) is 0 Å². The predicted octanol–water partition coefficient (Wildman–Crippen LogP) is 1.95. The molecule has 1 fully saturated rings. The third-order valence-electron chi connectivity index (χ3n) is 3.50. The third-order valence-corrected chi connectivity index (χ3v) is 3.50. The fourth-order valence-electron chi connectivity index (χ4n) is 2.45. The van der Waals surface area contributed by atoms with Crippen molar-refractivity contribution in [3.05, 3.63) is 17.6 Å². The van der Waals surface area contributed by atoms with Crippen LogP contribution in [0.5, 0.6) is 0 Å². The Kier molecular flexibility index (Phi) is 3.79. The maximum Gasteiger partial charge on any atom is 0.343 e. The van der Waals surface area contributed by atoms with Gasteiger partial charge in [0.15, 0.2) is 0 Å². The Morgan fingerprint density at radius 3 is 2.72 bits per heavy atom. The number of ether oxygens (including phenoxy) is 1. The van der Waals surface area contributed by atoms with E-state index in [1.54, 1.807) is 6.20 Å². The standard InChI is InChI=1S/C13H19N3O2/c1-9-14-8-11(13(17)18-3)12(15-9)16(2)10-6-4-5-7-10/h8,10H,4-7H2,1-3H3. The topological polar surface area (TPSA) is 55.3 Å². The van der Waals surface area contributed by atoms with E-state index in [1.165, 1.54) is 20.0 Å². The summed E-state index contributed by atoms with van der Waals surface area (Å²) in [5.41, 5.74) is 0.442. The van der Waals surface area contributed by atoms with Crippen LogP contribution in [0.4, 0.5) is 5.82 Å². The van der Waals surface area contributed by atoms with E-state index in [0.29, 0.717) is 23.2 Å². The third kappa shape index (κ3) is 2.44. The SMILES string of the molecule is COC(=O)c1cnc(C)nc1N(C)C1CCCC1. The average Bonchev–Trinajstić information content (AvgIpc) is 2.90. The summed E-state index contributed by atoms with van der Waals surface area (Å²) in [6.07, 6.45) is 6.34. The van der Waals surface area contributed by atoms with Crippen molar-refractivity contribution in [2.24, 2.45) is 0 Å². The molecular weight excluding hydrogens is 230 g/mol. The average molecular weight is 249 g/mol. The van der Waals surface area contributed by atoms with Crippen LogP contribution in [0.25, 0.3) is 0 Å². The molecule has 1 aromatic heterocycles. The van der Waals surface area contributed by atoms with Crippen LogP contribution in [-0.2, 0) is 4.74 Å². The number of methoxy groups -OCH3 is 1. The largest absolute Gasteiger partial charge is 0.465 e. The summed E-state index contributed by atoms with van der Waals surface area (Å²) in [5, 5.41) is 0. The first-order chi connectivity index (χ1) is 8.63. The molecule has 0 bridgehead atoms. The second kappa shape index (κ2) is 5.33. The number of aromatic nitrogens is 2. The van der Waals surface area contributed by atoms with Crippen LogP contribution in [0.2, 0.25) is 0 Å². The lowest BCUT2D eigenvalue weighted by Crippen LogP contribution is -2.31. The van der Waals surface area contributed by atoms with Crippen LogP contribution in [-0.4, -0.2) is 36.1 Å². The first-order valence-electron chi connectivity index (χ1n) is 6.28. The fraction of sp³-hybridized carbons (Fsp3) is 0.615. The zero-order valence-electron chi connectivity index (χ0n) is 11.1. The molecule has 0 atom stereocenters. The van der Waals surface area contributed by atoms with Gasteiger partial charge in [-0.1, -0.05) is 12.8 Å².